The van der Waals surface area contributed by atoms with Crippen LogP contribution in [0.2, 0.25) is 0 Å². The summed E-state index contributed by atoms with van der Waals surface area (Å²) in [5.41, 5.74) is 0.509. The Morgan fingerprint density at radius 2 is 1.92 bits per heavy atom. The molecule has 0 radical (unpaired) electrons. The molecule has 0 aromatic heterocycles. The molecule has 7 heteroatoms. The topological polar surface area (TPSA) is 92.8 Å². The maximum absolute atomic E-state index is 12.2. The summed E-state index contributed by atoms with van der Waals surface area (Å²) in [5.74, 6) is -1.64. The minimum Gasteiger partial charge on any atom is -0.449 e. The predicted molar refractivity (Wildman–Crippen MR) is 86.3 cm³/mol. The van der Waals surface area contributed by atoms with Gasteiger partial charge in [0.2, 0.25) is 11.8 Å². The molecule has 1 fully saturated rings. The largest absolute Gasteiger partial charge is 0.449 e. The molecule has 0 aliphatic carbocycles. The summed E-state index contributed by atoms with van der Waals surface area (Å²) in [6, 6.07) is 6.07. The summed E-state index contributed by atoms with van der Waals surface area (Å²) < 4.78 is 5.13. The van der Waals surface area contributed by atoms with Gasteiger partial charge in [0, 0.05) is 19.4 Å². The summed E-state index contributed by atoms with van der Waals surface area (Å²) in [4.78, 5) is 48.5. The van der Waals surface area contributed by atoms with Crippen LogP contribution >= 0.6 is 0 Å². The van der Waals surface area contributed by atoms with Gasteiger partial charge in [-0.05, 0) is 31.5 Å². The third-order valence-corrected chi connectivity index (χ3v) is 3.59. The van der Waals surface area contributed by atoms with Crippen molar-refractivity contribution in [3.63, 3.8) is 0 Å². The van der Waals surface area contributed by atoms with Crippen LogP contribution in [0.3, 0.4) is 0 Å². The van der Waals surface area contributed by atoms with E-state index in [-0.39, 0.29) is 36.1 Å². The number of carbonyl (C=O) groups excluding carboxylic acids is 4. The molecule has 0 spiro atoms. The number of rotatable bonds is 6. The zero-order valence-corrected chi connectivity index (χ0v) is 13.7. The van der Waals surface area contributed by atoms with E-state index < -0.39 is 12.1 Å². The third-order valence-electron chi connectivity index (χ3n) is 3.59. The molecule has 24 heavy (non-hydrogen) atoms. The highest BCUT2D eigenvalue weighted by Gasteiger charge is 2.30. The number of nitrogens with zero attached hydrogens (tertiary/aromatic N) is 1. The van der Waals surface area contributed by atoms with Crippen LogP contribution in [0.5, 0.6) is 0 Å². The van der Waals surface area contributed by atoms with Crippen LogP contribution in [-0.4, -0.2) is 36.3 Å². The van der Waals surface area contributed by atoms with Crippen molar-refractivity contribution in [1.29, 1.82) is 0 Å². The Labute approximate surface area is 140 Å². The molecule has 128 valence electrons. The standard InChI is InChI=1S/C17H20N2O5/c1-3-9-18-16(22)11(2)24-17(23)12-5-4-6-13(10-12)19-14(20)7-8-15(19)21/h4-6,10-11H,3,7-9H2,1-2H3,(H,18,22)/t11-/m0/s1. The second-order valence-corrected chi connectivity index (χ2v) is 5.51. The van der Waals surface area contributed by atoms with Gasteiger partial charge in [-0.15, -0.1) is 0 Å². The SMILES string of the molecule is CCCNC(=O)[C@H](C)OC(=O)c1cccc(N2C(=O)CCC2=O)c1. The lowest BCUT2D eigenvalue weighted by Crippen LogP contribution is -2.36. The van der Waals surface area contributed by atoms with E-state index in [4.69, 9.17) is 4.74 Å². The fraction of sp³-hybridized carbons (Fsp3) is 0.412. The average molecular weight is 332 g/mol. The van der Waals surface area contributed by atoms with E-state index in [0.717, 1.165) is 11.3 Å². The highest BCUT2D eigenvalue weighted by atomic mass is 16.5. The smallest absolute Gasteiger partial charge is 0.338 e. The number of hydrogen-bond acceptors (Lipinski definition) is 5. The molecule has 1 N–H and O–H groups in total. The molecule has 2 rings (SSSR count). The molecule has 1 saturated heterocycles. The third kappa shape index (κ3) is 3.98. The van der Waals surface area contributed by atoms with Crippen LogP contribution in [-0.2, 0) is 19.1 Å². The lowest BCUT2D eigenvalue weighted by Gasteiger charge is -2.16. The second-order valence-electron chi connectivity index (χ2n) is 5.51. The molecule has 0 unspecified atom stereocenters. The second kappa shape index (κ2) is 7.72. The molecular formula is C17H20N2O5. The molecule has 1 aliphatic rings. The van der Waals surface area contributed by atoms with Gasteiger partial charge in [-0.1, -0.05) is 13.0 Å². The lowest BCUT2D eigenvalue weighted by atomic mass is 10.2. The molecule has 1 aromatic rings. The highest BCUT2D eigenvalue weighted by molar-refractivity contribution is 6.20. The fourth-order valence-corrected chi connectivity index (χ4v) is 2.31. The molecule has 7 nitrogen and oxygen atoms in total. The van der Waals surface area contributed by atoms with Crippen molar-refractivity contribution in [2.45, 2.75) is 39.2 Å². The predicted octanol–water partition coefficient (Wildman–Crippen LogP) is 1.41. The molecule has 1 aromatic carbocycles. The van der Waals surface area contributed by atoms with E-state index in [2.05, 4.69) is 5.32 Å². The minimum absolute atomic E-state index is 0.169. The van der Waals surface area contributed by atoms with Gasteiger partial charge in [0.05, 0.1) is 11.3 Å². The Kier molecular flexibility index (Phi) is 5.68. The van der Waals surface area contributed by atoms with Crippen molar-refractivity contribution in [2.24, 2.45) is 0 Å². The van der Waals surface area contributed by atoms with Gasteiger partial charge in [-0.2, -0.15) is 0 Å². The number of nitrogens with one attached hydrogen (secondary N) is 1. The molecule has 1 atom stereocenters. The molecular weight excluding hydrogens is 312 g/mol. The first-order valence-corrected chi connectivity index (χ1v) is 7.88. The number of hydrogen-bond donors (Lipinski definition) is 1. The molecule has 0 bridgehead atoms. The fourth-order valence-electron chi connectivity index (χ4n) is 2.31. The number of esters is 1. The van der Waals surface area contributed by atoms with Crippen molar-refractivity contribution >= 4 is 29.4 Å². The molecule has 1 aliphatic heterocycles. The van der Waals surface area contributed by atoms with Crippen LogP contribution in [0.25, 0.3) is 0 Å². The summed E-state index contributed by atoms with van der Waals surface area (Å²) in [7, 11) is 0. The van der Waals surface area contributed by atoms with Gasteiger partial charge >= 0.3 is 5.97 Å². The number of ether oxygens (including phenoxy) is 1. The van der Waals surface area contributed by atoms with Crippen molar-refractivity contribution in [3.05, 3.63) is 29.8 Å². The normalized spacial score (nSPS) is 15.3. The van der Waals surface area contributed by atoms with Gasteiger partial charge in [-0.3, -0.25) is 19.3 Å². The van der Waals surface area contributed by atoms with Crippen LogP contribution < -0.4 is 10.2 Å². The monoisotopic (exact) mass is 332 g/mol. The van der Waals surface area contributed by atoms with Gasteiger partial charge < -0.3 is 10.1 Å². The Hall–Kier alpha value is -2.70. The Morgan fingerprint density at radius 3 is 2.54 bits per heavy atom. The average Bonchev–Trinajstić information content (AvgIpc) is 2.91. The zero-order valence-electron chi connectivity index (χ0n) is 13.7. The maximum Gasteiger partial charge on any atom is 0.338 e. The van der Waals surface area contributed by atoms with E-state index in [9.17, 15) is 19.2 Å². The van der Waals surface area contributed by atoms with Crippen molar-refractivity contribution in [3.8, 4) is 0 Å². The number of carbonyl (C=O) groups is 4. The maximum atomic E-state index is 12.2. The summed E-state index contributed by atoms with van der Waals surface area (Å²) in [6.45, 7) is 3.92. The van der Waals surface area contributed by atoms with Gasteiger partial charge in [-0.25, -0.2) is 4.79 Å². The highest BCUT2D eigenvalue weighted by Crippen LogP contribution is 2.23. The Bertz CT molecular complexity index is 655. The first-order chi connectivity index (χ1) is 11.4. The van der Waals surface area contributed by atoms with E-state index in [1.165, 1.54) is 19.1 Å². The van der Waals surface area contributed by atoms with Gasteiger partial charge in [0.25, 0.3) is 5.91 Å². The van der Waals surface area contributed by atoms with Crippen LogP contribution in [0.1, 0.15) is 43.5 Å². The molecule has 3 amide bonds. The number of benzene rings is 1. The Morgan fingerprint density at radius 1 is 1.25 bits per heavy atom. The molecule has 1 heterocycles. The van der Waals surface area contributed by atoms with E-state index >= 15 is 0 Å². The van der Waals surface area contributed by atoms with Crippen molar-refractivity contribution in [2.75, 3.05) is 11.4 Å². The van der Waals surface area contributed by atoms with Gasteiger partial charge in [0.15, 0.2) is 6.10 Å². The van der Waals surface area contributed by atoms with Crippen LogP contribution in [0, 0.1) is 0 Å². The zero-order chi connectivity index (χ0) is 17.7. The van der Waals surface area contributed by atoms with Crippen molar-refractivity contribution < 1.29 is 23.9 Å². The van der Waals surface area contributed by atoms with E-state index in [1.807, 2.05) is 6.92 Å². The van der Waals surface area contributed by atoms with E-state index in [0.29, 0.717) is 12.2 Å². The van der Waals surface area contributed by atoms with E-state index in [1.54, 1.807) is 12.1 Å². The Balaban J connectivity index is 2.08. The van der Waals surface area contributed by atoms with Crippen molar-refractivity contribution in [1.82, 2.24) is 5.32 Å². The first-order valence-electron chi connectivity index (χ1n) is 7.88. The first kappa shape index (κ1) is 17.7. The minimum atomic E-state index is -0.928. The quantitative estimate of drug-likeness (QED) is 0.628. The summed E-state index contributed by atoms with van der Waals surface area (Å²) in [6.07, 6.45) is 0.194. The summed E-state index contributed by atoms with van der Waals surface area (Å²) >= 11 is 0. The van der Waals surface area contributed by atoms with Crippen LogP contribution in [0.15, 0.2) is 24.3 Å². The van der Waals surface area contributed by atoms with Gasteiger partial charge in [0.1, 0.15) is 0 Å². The number of anilines is 1. The summed E-state index contributed by atoms with van der Waals surface area (Å²) in [5, 5.41) is 2.64. The number of amides is 3. The lowest BCUT2D eigenvalue weighted by molar-refractivity contribution is -0.129. The molecule has 0 saturated carbocycles. The number of imide groups is 1. The van der Waals surface area contributed by atoms with Crippen LogP contribution in [0.4, 0.5) is 5.69 Å².